The molecular weight excluding hydrogens is 212 g/mol. The van der Waals surface area contributed by atoms with Gasteiger partial charge in [-0.25, -0.2) is 8.78 Å². The van der Waals surface area contributed by atoms with Crippen LogP contribution in [0.4, 0.5) is 8.78 Å². The largest absolute Gasteiger partial charge is 0.496 e. The minimum atomic E-state index is -3.10. The predicted octanol–water partition coefficient (Wildman–Crippen LogP) is 3.32. The van der Waals surface area contributed by atoms with Crippen LogP contribution in [-0.4, -0.2) is 7.11 Å². The van der Waals surface area contributed by atoms with Crippen LogP contribution in [0.3, 0.4) is 0 Å². The number of nitrogens with zero attached hydrogens (tertiary/aromatic N) is 1. The van der Waals surface area contributed by atoms with E-state index in [1.54, 1.807) is 19.9 Å². The summed E-state index contributed by atoms with van der Waals surface area (Å²) in [5.74, 6) is -2.52. The summed E-state index contributed by atoms with van der Waals surface area (Å²) in [5, 5.41) is 8.37. The van der Waals surface area contributed by atoms with Crippen molar-refractivity contribution < 1.29 is 13.5 Å². The molecule has 0 spiro atoms. The lowest BCUT2D eigenvalue weighted by Crippen LogP contribution is -2.14. The zero-order valence-electron chi connectivity index (χ0n) is 9.47. The van der Waals surface area contributed by atoms with E-state index in [9.17, 15) is 8.78 Å². The monoisotopic (exact) mass is 225 g/mol. The van der Waals surface area contributed by atoms with Crippen LogP contribution in [0.2, 0.25) is 0 Å². The molecule has 0 saturated heterocycles. The number of nitriles is 1. The van der Waals surface area contributed by atoms with Gasteiger partial charge in [-0.3, -0.25) is 0 Å². The van der Waals surface area contributed by atoms with E-state index in [0.29, 0.717) is 16.9 Å². The average molecular weight is 225 g/mol. The Bertz CT molecular complexity index is 435. The van der Waals surface area contributed by atoms with Crippen molar-refractivity contribution in [1.82, 2.24) is 0 Å². The molecule has 1 aromatic carbocycles. The van der Waals surface area contributed by atoms with Gasteiger partial charge in [0.15, 0.2) is 0 Å². The fraction of sp³-hybridized carbons (Fsp3) is 0.417. The topological polar surface area (TPSA) is 33.0 Å². The van der Waals surface area contributed by atoms with E-state index in [-0.39, 0.29) is 5.56 Å². The van der Waals surface area contributed by atoms with E-state index in [0.717, 1.165) is 0 Å². The molecule has 16 heavy (non-hydrogen) atoms. The van der Waals surface area contributed by atoms with Gasteiger partial charge in [-0.2, -0.15) is 5.26 Å². The molecule has 0 fully saturated rings. The van der Waals surface area contributed by atoms with Gasteiger partial charge in [-0.05, 0) is 37.1 Å². The van der Waals surface area contributed by atoms with E-state index in [2.05, 4.69) is 0 Å². The summed E-state index contributed by atoms with van der Waals surface area (Å²) in [5.41, 5.74) is 0.968. The van der Waals surface area contributed by atoms with Gasteiger partial charge in [0.25, 0.3) is 5.92 Å². The van der Waals surface area contributed by atoms with Gasteiger partial charge in [0.2, 0.25) is 0 Å². The molecule has 0 aliphatic rings. The Morgan fingerprint density at radius 3 is 2.44 bits per heavy atom. The van der Waals surface area contributed by atoms with Crippen LogP contribution in [0.25, 0.3) is 0 Å². The lowest BCUT2D eigenvalue weighted by molar-refractivity contribution is 0.000231. The zero-order valence-corrected chi connectivity index (χ0v) is 9.47. The smallest absolute Gasteiger partial charge is 0.286 e. The highest BCUT2D eigenvalue weighted by atomic mass is 19.3. The maximum atomic E-state index is 13.6. The second kappa shape index (κ2) is 4.48. The van der Waals surface area contributed by atoms with E-state index in [1.165, 1.54) is 19.2 Å². The highest BCUT2D eigenvalue weighted by Gasteiger charge is 2.33. The summed E-state index contributed by atoms with van der Waals surface area (Å²) in [6.07, 6.45) is -0.806. The van der Waals surface area contributed by atoms with Crippen LogP contribution in [-0.2, 0) is 5.92 Å². The average Bonchev–Trinajstić information content (AvgIpc) is 2.20. The third-order valence-corrected chi connectivity index (χ3v) is 2.44. The molecular formula is C12H13F2NO. The Balaban J connectivity index is 3.26. The van der Waals surface area contributed by atoms with E-state index >= 15 is 0 Å². The minimum Gasteiger partial charge on any atom is -0.496 e. The summed E-state index contributed by atoms with van der Waals surface area (Å²) in [6, 6.07) is 4.45. The number of methoxy groups -OCH3 is 1. The number of rotatable bonds is 3. The summed E-state index contributed by atoms with van der Waals surface area (Å²) in [7, 11) is 1.49. The number of hydrogen-bond donors (Lipinski definition) is 0. The van der Waals surface area contributed by atoms with Crippen LogP contribution >= 0.6 is 0 Å². The number of ether oxygens (including phenoxy) is 1. The zero-order chi connectivity index (χ0) is 12.3. The second-order valence-electron chi connectivity index (χ2n) is 3.68. The first-order valence-corrected chi connectivity index (χ1v) is 4.83. The standard InChI is InChI=1S/C12H13F2NO/c1-8-7-11(16-3)9(2)6-10(8)12(13,14)4-5-15/h6-7H,4H2,1-3H3. The molecule has 0 unspecified atom stereocenters. The molecule has 0 atom stereocenters. The van der Waals surface area contributed by atoms with Crippen molar-refractivity contribution in [2.45, 2.75) is 26.2 Å². The quantitative estimate of drug-likeness (QED) is 0.790. The van der Waals surface area contributed by atoms with Gasteiger partial charge in [-0.15, -0.1) is 0 Å². The van der Waals surface area contributed by atoms with Crippen LogP contribution in [0.15, 0.2) is 12.1 Å². The highest BCUT2D eigenvalue weighted by Crippen LogP contribution is 2.36. The molecule has 0 amide bonds. The third kappa shape index (κ3) is 2.30. The van der Waals surface area contributed by atoms with Gasteiger partial charge >= 0.3 is 0 Å². The SMILES string of the molecule is COc1cc(C)c(C(F)(F)CC#N)cc1C. The molecule has 0 N–H and O–H groups in total. The first-order chi connectivity index (χ1) is 7.42. The van der Waals surface area contributed by atoms with Gasteiger partial charge in [0.05, 0.1) is 13.2 Å². The van der Waals surface area contributed by atoms with Crippen molar-refractivity contribution in [2.75, 3.05) is 7.11 Å². The maximum Gasteiger partial charge on any atom is 0.286 e. The van der Waals surface area contributed by atoms with Crippen LogP contribution in [0.5, 0.6) is 5.75 Å². The second-order valence-corrected chi connectivity index (χ2v) is 3.68. The number of benzene rings is 1. The Hall–Kier alpha value is -1.63. The van der Waals surface area contributed by atoms with Crippen LogP contribution in [0, 0.1) is 25.2 Å². The van der Waals surface area contributed by atoms with E-state index in [1.807, 2.05) is 0 Å². The molecule has 0 aliphatic heterocycles. The van der Waals surface area contributed by atoms with Crippen molar-refractivity contribution in [2.24, 2.45) is 0 Å². The fourth-order valence-corrected chi connectivity index (χ4v) is 1.60. The van der Waals surface area contributed by atoms with E-state index < -0.39 is 12.3 Å². The van der Waals surface area contributed by atoms with Crippen molar-refractivity contribution >= 4 is 0 Å². The van der Waals surface area contributed by atoms with Crippen molar-refractivity contribution in [3.63, 3.8) is 0 Å². The van der Waals surface area contributed by atoms with Gasteiger partial charge in [-0.1, -0.05) is 0 Å². The van der Waals surface area contributed by atoms with Crippen molar-refractivity contribution in [3.8, 4) is 11.8 Å². The molecule has 4 heteroatoms. The van der Waals surface area contributed by atoms with Gasteiger partial charge < -0.3 is 4.74 Å². The van der Waals surface area contributed by atoms with E-state index in [4.69, 9.17) is 10.00 Å². The fourth-order valence-electron chi connectivity index (χ4n) is 1.60. The Kier molecular flexibility index (Phi) is 3.48. The molecule has 0 radical (unpaired) electrons. The summed E-state index contributed by atoms with van der Waals surface area (Å²) < 4.78 is 32.2. The highest BCUT2D eigenvalue weighted by molar-refractivity contribution is 5.43. The van der Waals surface area contributed by atoms with Crippen molar-refractivity contribution in [3.05, 3.63) is 28.8 Å². The Labute approximate surface area is 93.5 Å². The lowest BCUT2D eigenvalue weighted by Gasteiger charge is -2.18. The molecule has 86 valence electrons. The van der Waals surface area contributed by atoms with Crippen LogP contribution in [0.1, 0.15) is 23.1 Å². The summed E-state index contributed by atoms with van der Waals surface area (Å²) >= 11 is 0. The molecule has 0 heterocycles. The maximum absolute atomic E-state index is 13.6. The van der Waals surface area contributed by atoms with Gasteiger partial charge in [0, 0.05) is 5.56 Å². The number of halogens is 2. The molecule has 1 rings (SSSR count). The molecule has 0 aliphatic carbocycles. The summed E-state index contributed by atoms with van der Waals surface area (Å²) in [6.45, 7) is 3.28. The normalized spacial score (nSPS) is 11.0. The molecule has 0 bridgehead atoms. The summed E-state index contributed by atoms with van der Waals surface area (Å²) in [4.78, 5) is 0. The Morgan fingerprint density at radius 1 is 1.31 bits per heavy atom. The molecule has 1 aromatic rings. The molecule has 0 aromatic heterocycles. The van der Waals surface area contributed by atoms with Crippen molar-refractivity contribution in [1.29, 1.82) is 5.26 Å². The molecule has 0 saturated carbocycles. The number of hydrogen-bond acceptors (Lipinski definition) is 2. The first-order valence-electron chi connectivity index (χ1n) is 4.83. The number of aryl methyl sites for hydroxylation is 2. The minimum absolute atomic E-state index is 0.104. The Morgan fingerprint density at radius 2 is 1.94 bits per heavy atom. The van der Waals surface area contributed by atoms with Crippen LogP contribution < -0.4 is 4.74 Å². The lowest BCUT2D eigenvalue weighted by atomic mass is 9.97. The van der Waals surface area contributed by atoms with Gasteiger partial charge in [0.1, 0.15) is 12.2 Å². The molecule has 2 nitrogen and oxygen atoms in total. The third-order valence-electron chi connectivity index (χ3n) is 2.44. The number of alkyl halides is 2. The first kappa shape index (κ1) is 12.4. The predicted molar refractivity (Wildman–Crippen MR) is 56.6 cm³/mol.